The van der Waals surface area contributed by atoms with Gasteiger partial charge in [-0.3, -0.25) is 4.68 Å². The lowest BCUT2D eigenvalue weighted by molar-refractivity contribution is 0.459. The molecule has 2 saturated carbocycles. The Morgan fingerprint density at radius 3 is 2.75 bits per heavy atom. The Morgan fingerprint density at radius 2 is 2.06 bits per heavy atom. The van der Waals surface area contributed by atoms with Crippen LogP contribution in [-0.2, 0) is 6.42 Å². The molecule has 88 valence electrons. The first kappa shape index (κ1) is 10.3. The predicted molar refractivity (Wildman–Crippen MR) is 64.1 cm³/mol. The highest BCUT2D eigenvalue weighted by Gasteiger charge is 2.29. The van der Waals surface area contributed by atoms with Gasteiger partial charge < -0.3 is 5.73 Å². The van der Waals surface area contributed by atoms with Crippen LogP contribution in [0.15, 0.2) is 12.3 Å². The largest absolute Gasteiger partial charge is 0.327 e. The molecule has 0 aliphatic heterocycles. The molecule has 1 aromatic rings. The molecule has 0 radical (unpaired) electrons. The van der Waals surface area contributed by atoms with Crippen molar-refractivity contribution in [1.29, 1.82) is 0 Å². The van der Waals surface area contributed by atoms with E-state index in [2.05, 4.69) is 22.0 Å². The van der Waals surface area contributed by atoms with Crippen LogP contribution in [0.1, 0.15) is 50.3 Å². The van der Waals surface area contributed by atoms with Crippen molar-refractivity contribution in [2.24, 2.45) is 11.7 Å². The molecule has 0 aromatic carbocycles. The lowest BCUT2D eigenvalue weighted by Crippen LogP contribution is -2.25. The molecule has 0 bridgehead atoms. The Kier molecular flexibility index (Phi) is 2.72. The highest BCUT2D eigenvalue weighted by Crippen LogP contribution is 2.33. The van der Waals surface area contributed by atoms with Crippen molar-refractivity contribution in [3.63, 3.8) is 0 Å². The van der Waals surface area contributed by atoms with Crippen molar-refractivity contribution in [1.82, 2.24) is 9.78 Å². The number of nitrogens with two attached hydrogens (primary N) is 1. The van der Waals surface area contributed by atoms with Gasteiger partial charge in [0.15, 0.2) is 0 Å². The van der Waals surface area contributed by atoms with Crippen LogP contribution in [0.2, 0.25) is 0 Å². The molecule has 3 nitrogen and oxygen atoms in total. The summed E-state index contributed by atoms with van der Waals surface area (Å²) in [5.41, 5.74) is 7.31. The van der Waals surface area contributed by atoms with Crippen LogP contribution < -0.4 is 5.73 Å². The van der Waals surface area contributed by atoms with Crippen LogP contribution in [0, 0.1) is 5.92 Å². The minimum atomic E-state index is 0.340. The summed E-state index contributed by atoms with van der Waals surface area (Å²) in [5, 5.41) is 4.68. The zero-order chi connectivity index (χ0) is 11.0. The molecule has 0 spiro atoms. The second kappa shape index (κ2) is 4.21. The van der Waals surface area contributed by atoms with E-state index in [9.17, 15) is 0 Å². The zero-order valence-electron chi connectivity index (χ0n) is 9.81. The number of aromatic nitrogens is 2. The maximum atomic E-state index is 6.12. The van der Waals surface area contributed by atoms with Gasteiger partial charge in [0, 0.05) is 18.7 Å². The summed E-state index contributed by atoms with van der Waals surface area (Å²) < 4.78 is 2.17. The molecule has 2 aliphatic carbocycles. The second-order valence-corrected chi connectivity index (χ2v) is 5.43. The Labute approximate surface area is 97.0 Å². The third kappa shape index (κ3) is 2.14. The average molecular weight is 219 g/mol. The van der Waals surface area contributed by atoms with E-state index in [4.69, 9.17) is 5.73 Å². The standard InChI is InChI=1S/C13H21N3/c14-13(10-5-6-10)9-11-7-8-16(15-11)12-3-1-2-4-12/h7-8,10,12-13H,1-6,9,14H2. The summed E-state index contributed by atoms with van der Waals surface area (Å²) in [7, 11) is 0. The Bertz CT molecular complexity index is 348. The van der Waals surface area contributed by atoms with Gasteiger partial charge in [-0.05, 0) is 37.7 Å². The fourth-order valence-corrected chi connectivity index (χ4v) is 2.79. The summed E-state index contributed by atoms with van der Waals surface area (Å²) >= 11 is 0. The molecule has 1 unspecified atom stereocenters. The van der Waals surface area contributed by atoms with Crippen LogP contribution in [-0.4, -0.2) is 15.8 Å². The van der Waals surface area contributed by atoms with E-state index in [1.807, 2.05) is 0 Å². The van der Waals surface area contributed by atoms with Crippen molar-refractivity contribution >= 4 is 0 Å². The van der Waals surface area contributed by atoms with Gasteiger partial charge in [0.2, 0.25) is 0 Å². The van der Waals surface area contributed by atoms with Gasteiger partial charge in [-0.15, -0.1) is 0 Å². The molecule has 3 heteroatoms. The Balaban J connectivity index is 1.62. The van der Waals surface area contributed by atoms with Crippen LogP contribution >= 0.6 is 0 Å². The minimum absolute atomic E-state index is 0.340. The molecular weight excluding hydrogens is 198 g/mol. The number of hydrogen-bond donors (Lipinski definition) is 1. The third-order valence-electron chi connectivity index (χ3n) is 4.03. The van der Waals surface area contributed by atoms with E-state index >= 15 is 0 Å². The van der Waals surface area contributed by atoms with E-state index in [1.54, 1.807) is 0 Å². The fraction of sp³-hybridized carbons (Fsp3) is 0.769. The highest BCUT2D eigenvalue weighted by atomic mass is 15.3. The normalized spacial score (nSPS) is 23.8. The summed E-state index contributed by atoms with van der Waals surface area (Å²) in [4.78, 5) is 0. The number of nitrogens with zero attached hydrogens (tertiary/aromatic N) is 2. The van der Waals surface area contributed by atoms with Gasteiger partial charge in [-0.25, -0.2) is 0 Å². The average Bonchev–Trinajstić information content (AvgIpc) is 2.80. The second-order valence-electron chi connectivity index (χ2n) is 5.43. The minimum Gasteiger partial charge on any atom is -0.327 e. The molecule has 0 amide bonds. The molecule has 2 N–H and O–H groups in total. The molecular formula is C13H21N3. The fourth-order valence-electron chi connectivity index (χ4n) is 2.79. The monoisotopic (exact) mass is 219 g/mol. The lowest BCUT2D eigenvalue weighted by Gasteiger charge is -2.10. The summed E-state index contributed by atoms with van der Waals surface area (Å²) in [6, 6.07) is 3.15. The SMILES string of the molecule is NC(Cc1ccn(C2CCCC2)n1)C1CC1. The maximum absolute atomic E-state index is 6.12. The third-order valence-corrected chi connectivity index (χ3v) is 4.03. The van der Waals surface area contributed by atoms with Gasteiger partial charge >= 0.3 is 0 Å². The van der Waals surface area contributed by atoms with E-state index in [0.29, 0.717) is 12.1 Å². The topological polar surface area (TPSA) is 43.8 Å². The first-order valence-electron chi connectivity index (χ1n) is 6.62. The summed E-state index contributed by atoms with van der Waals surface area (Å²) in [6.45, 7) is 0. The molecule has 1 atom stereocenters. The molecule has 16 heavy (non-hydrogen) atoms. The Hall–Kier alpha value is -0.830. The zero-order valence-corrected chi connectivity index (χ0v) is 9.81. The highest BCUT2D eigenvalue weighted by molar-refractivity contribution is 5.04. The van der Waals surface area contributed by atoms with E-state index in [0.717, 1.165) is 12.3 Å². The van der Waals surface area contributed by atoms with Crippen molar-refractivity contribution < 1.29 is 0 Å². The van der Waals surface area contributed by atoms with Gasteiger partial charge in [0.05, 0.1) is 11.7 Å². The van der Waals surface area contributed by atoms with Crippen LogP contribution in [0.3, 0.4) is 0 Å². The predicted octanol–water partition coefficient (Wildman–Crippen LogP) is 2.28. The molecule has 1 aromatic heterocycles. The molecule has 2 fully saturated rings. The quantitative estimate of drug-likeness (QED) is 0.844. The van der Waals surface area contributed by atoms with Gasteiger partial charge in [-0.2, -0.15) is 5.10 Å². The van der Waals surface area contributed by atoms with E-state index < -0.39 is 0 Å². The van der Waals surface area contributed by atoms with Gasteiger partial charge in [0.25, 0.3) is 0 Å². The lowest BCUT2D eigenvalue weighted by atomic mass is 10.1. The van der Waals surface area contributed by atoms with Crippen molar-refractivity contribution in [3.8, 4) is 0 Å². The smallest absolute Gasteiger partial charge is 0.0640 e. The van der Waals surface area contributed by atoms with E-state index in [-0.39, 0.29) is 0 Å². The molecule has 1 heterocycles. The molecule has 0 saturated heterocycles. The number of rotatable bonds is 4. The van der Waals surface area contributed by atoms with Gasteiger partial charge in [-0.1, -0.05) is 12.8 Å². The van der Waals surface area contributed by atoms with Crippen molar-refractivity contribution in [2.45, 2.75) is 57.0 Å². The van der Waals surface area contributed by atoms with Crippen molar-refractivity contribution in [3.05, 3.63) is 18.0 Å². The number of hydrogen-bond acceptors (Lipinski definition) is 2. The van der Waals surface area contributed by atoms with Crippen molar-refractivity contribution in [2.75, 3.05) is 0 Å². The van der Waals surface area contributed by atoms with Gasteiger partial charge in [0.1, 0.15) is 0 Å². The van der Waals surface area contributed by atoms with Crippen LogP contribution in [0.4, 0.5) is 0 Å². The van der Waals surface area contributed by atoms with Crippen LogP contribution in [0.25, 0.3) is 0 Å². The first-order valence-corrected chi connectivity index (χ1v) is 6.62. The first-order chi connectivity index (χ1) is 7.83. The molecule has 2 aliphatic rings. The summed E-state index contributed by atoms with van der Waals surface area (Å²) in [6.07, 6.45) is 11.1. The summed E-state index contributed by atoms with van der Waals surface area (Å²) in [5.74, 6) is 0.775. The van der Waals surface area contributed by atoms with E-state index in [1.165, 1.54) is 44.2 Å². The Morgan fingerprint density at radius 1 is 1.31 bits per heavy atom. The van der Waals surface area contributed by atoms with Crippen LogP contribution in [0.5, 0.6) is 0 Å². The maximum Gasteiger partial charge on any atom is 0.0640 e. The molecule has 3 rings (SSSR count).